The van der Waals surface area contributed by atoms with Gasteiger partial charge in [-0.1, -0.05) is 0 Å². The Morgan fingerprint density at radius 3 is 2.25 bits per heavy atom. The third-order valence-corrected chi connectivity index (χ3v) is 7.35. The molecule has 0 atom stereocenters. The topological polar surface area (TPSA) is 74.8 Å². The normalized spacial score (nSPS) is 21.6. The number of imide groups is 1. The summed E-state index contributed by atoms with van der Waals surface area (Å²) < 4.78 is 26.9. The minimum Gasteiger partial charge on any atom is -0.277 e. The lowest BCUT2D eigenvalue weighted by molar-refractivity contribution is -0.143. The summed E-state index contributed by atoms with van der Waals surface area (Å²) in [4.78, 5) is 24.4. The zero-order chi connectivity index (χ0) is 14.5. The SMILES string of the molecule is O=C1CCC(=O)N1C1CN(S(=O)(=O)c2ccc(Br)s2)C1. The number of sulfonamides is 1. The summed E-state index contributed by atoms with van der Waals surface area (Å²) in [5.74, 6) is -0.396. The quantitative estimate of drug-likeness (QED) is 0.736. The predicted molar refractivity (Wildman–Crippen MR) is 75.7 cm³/mol. The molecule has 0 N–H and O–H groups in total. The van der Waals surface area contributed by atoms with E-state index in [9.17, 15) is 18.0 Å². The highest BCUT2D eigenvalue weighted by Crippen LogP contribution is 2.32. The Hall–Kier alpha value is -0.770. The first-order valence-electron chi connectivity index (χ1n) is 6.00. The molecule has 9 heteroatoms. The number of hydrogen-bond acceptors (Lipinski definition) is 5. The Labute approximate surface area is 128 Å². The van der Waals surface area contributed by atoms with Crippen molar-refractivity contribution < 1.29 is 18.0 Å². The van der Waals surface area contributed by atoms with Gasteiger partial charge in [0.1, 0.15) is 4.21 Å². The van der Waals surface area contributed by atoms with Gasteiger partial charge in [-0.2, -0.15) is 4.31 Å². The van der Waals surface area contributed by atoms with Crippen molar-refractivity contribution in [3.63, 3.8) is 0 Å². The Kier molecular flexibility index (Phi) is 3.47. The van der Waals surface area contributed by atoms with E-state index in [1.807, 2.05) is 0 Å². The third kappa shape index (κ3) is 2.22. The molecular weight excluding hydrogens is 368 g/mol. The second-order valence-corrected chi connectivity index (χ2v) is 9.32. The summed E-state index contributed by atoms with van der Waals surface area (Å²) in [6.45, 7) is 0.380. The van der Waals surface area contributed by atoms with Gasteiger partial charge in [-0.05, 0) is 28.1 Å². The molecule has 1 aromatic heterocycles. The summed E-state index contributed by atoms with van der Waals surface area (Å²) in [5.41, 5.74) is 0. The Bertz CT molecular complexity index is 662. The standard InChI is InChI=1S/C11H11BrN2O4S2/c12-8-1-4-11(19-8)20(17,18)13-5-7(6-13)14-9(15)2-3-10(14)16/h1,4,7H,2-3,5-6H2. The Morgan fingerprint density at radius 2 is 1.75 bits per heavy atom. The lowest BCUT2D eigenvalue weighted by Crippen LogP contribution is -2.61. The van der Waals surface area contributed by atoms with Crippen molar-refractivity contribution in [1.29, 1.82) is 0 Å². The molecule has 0 unspecified atom stereocenters. The molecule has 0 spiro atoms. The molecule has 20 heavy (non-hydrogen) atoms. The van der Waals surface area contributed by atoms with Crippen LogP contribution in [0.2, 0.25) is 0 Å². The number of carbonyl (C=O) groups excluding carboxylic acids is 2. The van der Waals surface area contributed by atoms with Crippen LogP contribution in [0.5, 0.6) is 0 Å². The van der Waals surface area contributed by atoms with Crippen molar-refractivity contribution in [2.45, 2.75) is 23.1 Å². The molecule has 2 saturated heterocycles. The third-order valence-electron chi connectivity index (χ3n) is 3.43. The van der Waals surface area contributed by atoms with Crippen LogP contribution in [-0.4, -0.2) is 48.6 Å². The maximum Gasteiger partial charge on any atom is 0.252 e. The fourth-order valence-corrected chi connectivity index (χ4v) is 6.02. The fourth-order valence-electron chi connectivity index (χ4n) is 2.34. The summed E-state index contributed by atoms with van der Waals surface area (Å²) in [7, 11) is -3.51. The lowest BCUT2D eigenvalue weighted by atomic mass is 10.1. The first kappa shape index (κ1) is 14.2. The molecule has 3 rings (SSSR count). The zero-order valence-electron chi connectivity index (χ0n) is 10.3. The average Bonchev–Trinajstić information content (AvgIpc) is 2.88. The molecule has 2 fully saturated rings. The van der Waals surface area contributed by atoms with Crippen molar-refractivity contribution >= 4 is 49.1 Å². The number of thiophene rings is 1. The smallest absolute Gasteiger partial charge is 0.252 e. The maximum atomic E-state index is 12.3. The van der Waals surface area contributed by atoms with Crippen LogP contribution in [0.3, 0.4) is 0 Å². The van der Waals surface area contributed by atoms with Gasteiger partial charge < -0.3 is 0 Å². The van der Waals surface area contributed by atoms with E-state index in [0.29, 0.717) is 0 Å². The van der Waals surface area contributed by atoms with E-state index in [4.69, 9.17) is 0 Å². The number of rotatable bonds is 3. The number of carbonyl (C=O) groups is 2. The molecule has 6 nitrogen and oxygen atoms in total. The van der Waals surface area contributed by atoms with Gasteiger partial charge in [0.25, 0.3) is 10.0 Å². The molecule has 2 aliphatic rings. The number of amides is 2. The molecule has 108 valence electrons. The van der Waals surface area contributed by atoms with Crippen molar-refractivity contribution in [3.8, 4) is 0 Å². The molecule has 0 aromatic carbocycles. The zero-order valence-corrected chi connectivity index (χ0v) is 13.5. The molecule has 0 aliphatic carbocycles. The molecule has 3 heterocycles. The van der Waals surface area contributed by atoms with E-state index < -0.39 is 10.0 Å². The number of nitrogens with zero attached hydrogens (tertiary/aromatic N) is 2. The monoisotopic (exact) mass is 378 g/mol. The molecule has 1 aromatic rings. The molecule has 0 bridgehead atoms. The number of halogens is 1. The van der Waals surface area contributed by atoms with Crippen LogP contribution in [0, 0.1) is 0 Å². The van der Waals surface area contributed by atoms with Crippen molar-refractivity contribution in [2.75, 3.05) is 13.1 Å². The first-order valence-corrected chi connectivity index (χ1v) is 9.05. The summed E-state index contributed by atoms with van der Waals surface area (Å²) in [6.07, 6.45) is 0.472. The van der Waals surface area contributed by atoms with E-state index in [1.54, 1.807) is 12.1 Å². The van der Waals surface area contributed by atoms with Crippen molar-refractivity contribution in [3.05, 3.63) is 15.9 Å². The van der Waals surface area contributed by atoms with Crippen LogP contribution in [0.4, 0.5) is 0 Å². The summed E-state index contributed by atoms with van der Waals surface area (Å²) >= 11 is 4.38. The van der Waals surface area contributed by atoms with E-state index in [2.05, 4.69) is 15.9 Å². The summed E-state index contributed by atoms with van der Waals surface area (Å²) in [6, 6.07) is 2.92. The van der Waals surface area contributed by atoms with Crippen LogP contribution in [0.1, 0.15) is 12.8 Å². The van der Waals surface area contributed by atoms with Gasteiger partial charge in [0, 0.05) is 25.9 Å². The Morgan fingerprint density at radius 1 is 1.15 bits per heavy atom. The largest absolute Gasteiger partial charge is 0.277 e. The van der Waals surface area contributed by atoms with Gasteiger partial charge in [0.05, 0.1) is 9.83 Å². The van der Waals surface area contributed by atoms with E-state index >= 15 is 0 Å². The predicted octanol–water partition coefficient (Wildman–Crippen LogP) is 1.03. The second-order valence-electron chi connectivity index (χ2n) is 4.69. The highest BCUT2D eigenvalue weighted by Gasteiger charge is 2.45. The minimum atomic E-state index is -3.51. The van der Waals surface area contributed by atoms with Gasteiger partial charge >= 0.3 is 0 Å². The number of likely N-dealkylation sites (tertiary alicyclic amines) is 1. The summed E-state index contributed by atoms with van der Waals surface area (Å²) in [5, 5.41) is 0. The van der Waals surface area contributed by atoms with Gasteiger partial charge in [-0.3, -0.25) is 14.5 Å². The molecule has 0 radical (unpaired) electrons. The van der Waals surface area contributed by atoms with Crippen LogP contribution in [-0.2, 0) is 19.6 Å². The van der Waals surface area contributed by atoms with Gasteiger partial charge in [0.2, 0.25) is 11.8 Å². The average molecular weight is 379 g/mol. The van der Waals surface area contributed by atoms with Crippen LogP contribution in [0.15, 0.2) is 20.1 Å². The van der Waals surface area contributed by atoms with E-state index in [1.165, 1.54) is 9.21 Å². The van der Waals surface area contributed by atoms with E-state index in [-0.39, 0.29) is 48.0 Å². The highest BCUT2D eigenvalue weighted by atomic mass is 79.9. The minimum absolute atomic E-state index is 0.190. The maximum absolute atomic E-state index is 12.3. The molecule has 2 amide bonds. The van der Waals surface area contributed by atoms with Crippen LogP contribution >= 0.6 is 27.3 Å². The van der Waals surface area contributed by atoms with Crippen molar-refractivity contribution in [2.24, 2.45) is 0 Å². The van der Waals surface area contributed by atoms with Gasteiger partial charge in [-0.25, -0.2) is 8.42 Å². The molecule has 2 aliphatic heterocycles. The molecular formula is C11H11BrN2O4S2. The fraction of sp³-hybridized carbons (Fsp3) is 0.455. The lowest BCUT2D eigenvalue weighted by Gasteiger charge is -2.41. The van der Waals surface area contributed by atoms with Crippen LogP contribution in [0.25, 0.3) is 0 Å². The number of hydrogen-bond donors (Lipinski definition) is 0. The van der Waals surface area contributed by atoms with Gasteiger partial charge in [0.15, 0.2) is 0 Å². The van der Waals surface area contributed by atoms with Crippen LogP contribution < -0.4 is 0 Å². The van der Waals surface area contributed by atoms with Gasteiger partial charge in [-0.15, -0.1) is 11.3 Å². The second kappa shape index (κ2) is 4.90. The Balaban J connectivity index is 1.71. The molecule has 0 saturated carbocycles. The van der Waals surface area contributed by atoms with Crippen molar-refractivity contribution in [1.82, 2.24) is 9.21 Å². The highest BCUT2D eigenvalue weighted by molar-refractivity contribution is 9.11. The van der Waals surface area contributed by atoms with E-state index in [0.717, 1.165) is 15.1 Å². The first-order chi connectivity index (χ1) is 9.39.